The number of nitrogens with zero attached hydrogens (tertiary/aromatic N) is 2. The van der Waals surface area contributed by atoms with E-state index in [2.05, 4.69) is 9.97 Å². The van der Waals surface area contributed by atoms with E-state index in [1.54, 1.807) is 24.5 Å². The van der Waals surface area contributed by atoms with Gasteiger partial charge >= 0.3 is 0 Å². The minimum Gasteiger partial charge on any atom is -0.382 e. The third-order valence-corrected chi connectivity index (χ3v) is 3.69. The number of amidine groups is 1. The average molecular weight is 279 g/mol. The van der Waals surface area contributed by atoms with Crippen LogP contribution in [-0.4, -0.2) is 15.8 Å². The molecule has 2 aromatic heterocycles. The van der Waals surface area contributed by atoms with Crippen LogP contribution in [0.3, 0.4) is 0 Å². The van der Waals surface area contributed by atoms with Crippen LogP contribution in [0.2, 0.25) is 5.02 Å². The van der Waals surface area contributed by atoms with E-state index in [1.807, 2.05) is 12.1 Å². The van der Waals surface area contributed by atoms with Gasteiger partial charge in [0.2, 0.25) is 0 Å². The lowest BCUT2D eigenvalue weighted by Crippen LogP contribution is -2.13. The van der Waals surface area contributed by atoms with E-state index in [9.17, 15) is 0 Å². The predicted octanol–water partition coefficient (Wildman–Crippen LogP) is 2.71. The Hall–Kier alpha value is -1.59. The van der Waals surface area contributed by atoms with Crippen LogP contribution < -0.4 is 5.73 Å². The molecule has 0 unspecified atom stereocenters. The Morgan fingerprint density at radius 2 is 2.17 bits per heavy atom. The Kier molecular flexibility index (Phi) is 4.17. The number of rotatable bonds is 4. The van der Waals surface area contributed by atoms with E-state index >= 15 is 0 Å². The van der Waals surface area contributed by atoms with Gasteiger partial charge in [0.1, 0.15) is 16.6 Å². The van der Waals surface area contributed by atoms with Gasteiger partial charge in [-0.1, -0.05) is 11.6 Å². The number of nitrogen functional groups attached to an aromatic ring is 1. The molecule has 4 nitrogen and oxygen atoms in total. The second-order valence-electron chi connectivity index (χ2n) is 3.54. The summed E-state index contributed by atoms with van der Waals surface area (Å²) >= 11 is 7.56. The van der Waals surface area contributed by atoms with Gasteiger partial charge in [-0.3, -0.25) is 10.4 Å². The van der Waals surface area contributed by atoms with Crippen LogP contribution in [0.4, 0.5) is 0 Å². The zero-order valence-corrected chi connectivity index (χ0v) is 11.0. The zero-order valence-electron chi connectivity index (χ0n) is 9.43. The highest BCUT2D eigenvalue weighted by Crippen LogP contribution is 2.27. The van der Waals surface area contributed by atoms with E-state index in [1.165, 1.54) is 11.8 Å². The molecular formula is C12H11ClN4S. The van der Waals surface area contributed by atoms with Crippen molar-refractivity contribution in [3.05, 3.63) is 52.9 Å². The van der Waals surface area contributed by atoms with Crippen LogP contribution in [-0.2, 0) is 5.75 Å². The van der Waals surface area contributed by atoms with Crippen molar-refractivity contribution < 1.29 is 0 Å². The molecule has 2 heterocycles. The van der Waals surface area contributed by atoms with Crippen molar-refractivity contribution in [1.82, 2.24) is 9.97 Å². The first-order valence-corrected chi connectivity index (χ1v) is 6.56. The fourth-order valence-corrected chi connectivity index (χ4v) is 2.45. The molecule has 0 saturated carbocycles. The first kappa shape index (κ1) is 12.9. The van der Waals surface area contributed by atoms with E-state index in [-0.39, 0.29) is 5.84 Å². The normalized spacial score (nSPS) is 10.3. The zero-order chi connectivity index (χ0) is 13.0. The lowest BCUT2D eigenvalue weighted by molar-refractivity contribution is 1.13. The number of aromatic nitrogens is 2. The smallest absolute Gasteiger partial charge is 0.141 e. The van der Waals surface area contributed by atoms with Gasteiger partial charge < -0.3 is 5.73 Å². The quantitative estimate of drug-likeness (QED) is 0.512. The summed E-state index contributed by atoms with van der Waals surface area (Å²) in [6, 6.07) is 7.29. The van der Waals surface area contributed by atoms with Crippen molar-refractivity contribution in [3.8, 4) is 0 Å². The van der Waals surface area contributed by atoms with Gasteiger partial charge in [-0.15, -0.1) is 11.8 Å². The molecule has 0 fully saturated rings. The maximum atomic E-state index is 7.34. The maximum absolute atomic E-state index is 7.34. The van der Waals surface area contributed by atoms with Gasteiger partial charge in [0.25, 0.3) is 0 Å². The third kappa shape index (κ3) is 3.21. The predicted molar refractivity (Wildman–Crippen MR) is 74.1 cm³/mol. The maximum Gasteiger partial charge on any atom is 0.141 e. The molecule has 3 N–H and O–H groups in total. The molecule has 0 spiro atoms. The van der Waals surface area contributed by atoms with E-state index in [0.29, 0.717) is 16.5 Å². The molecule has 0 aliphatic rings. The summed E-state index contributed by atoms with van der Waals surface area (Å²) in [5, 5.41) is 8.77. The SMILES string of the molecule is N=C(N)c1cc(CSc2ncccc2Cl)ccn1. The summed E-state index contributed by atoms with van der Waals surface area (Å²) < 4.78 is 0. The molecule has 0 atom stereocenters. The molecule has 0 bridgehead atoms. The Morgan fingerprint density at radius 3 is 2.89 bits per heavy atom. The van der Waals surface area contributed by atoms with E-state index in [4.69, 9.17) is 22.7 Å². The minimum atomic E-state index is -0.0299. The van der Waals surface area contributed by atoms with Gasteiger partial charge in [-0.05, 0) is 29.8 Å². The lowest BCUT2D eigenvalue weighted by atomic mass is 10.2. The van der Waals surface area contributed by atoms with Crippen molar-refractivity contribution in [2.24, 2.45) is 5.73 Å². The fourth-order valence-electron chi connectivity index (χ4n) is 1.34. The molecular weight excluding hydrogens is 268 g/mol. The number of halogens is 1. The monoisotopic (exact) mass is 278 g/mol. The van der Waals surface area contributed by atoms with Crippen LogP contribution in [0.15, 0.2) is 41.7 Å². The molecule has 2 rings (SSSR count). The number of pyridine rings is 2. The fraction of sp³-hybridized carbons (Fsp3) is 0.0833. The number of thioether (sulfide) groups is 1. The Labute approximate surface area is 114 Å². The average Bonchev–Trinajstić information content (AvgIpc) is 2.38. The van der Waals surface area contributed by atoms with Crippen molar-refractivity contribution in [3.63, 3.8) is 0 Å². The molecule has 0 aliphatic heterocycles. The molecule has 0 aliphatic carbocycles. The molecule has 18 heavy (non-hydrogen) atoms. The highest BCUT2D eigenvalue weighted by Gasteiger charge is 2.04. The van der Waals surface area contributed by atoms with Crippen molar-refractivity contribution in [1.29, 1.82) is 5.41 Å². The highest BCUT2D eigenvalue weighted by atomic mass is 35.5. The van der Waals surface area contributed by atoms with Gasteiger partial charge in [0, 0.05) is 18.1 Å². The summed E-state index contributed by atoms with van der Waals surface area (Å²) in [6.45, 7) is 0. The number of hydrogen-bond donors (Lipinski definition) is 2. The second-order valence-corrected chi connectivity index (χ2v) is 4.91. The summed E-state index contributed by atoms with van der Waals surface area (Å²) in [5.74, 6) is 0.678. The number of nitrogens with two attached hydrogens (primary N) is 1. The third-order valence-electron chi connectivity index (χ3n) is 2.20. The van der Waals surface area contributed by atoms with Gasteiger partial charge in [0.15, 0.2) is 0 Å². The Morgan fingerprint density at radius 1 is 1.33 bits per heavy atom. The standard InChI is InChI=1S/C12H11ClN4S/c13-9-2-1-4-17-12(9)18-7-8-3-5-16-10(6-8)11(14)15/h1-6H,7H2,(H3,14,15). The largest absolute Gasteiger partial charge is 0.382 e. The summed E-state index contributed by atoms with van der Waals surface area (Å²) in [5.41, 5.74) is 6.91. The molecule has 92 valence electrons. The molecule has 0 aromatic carbocycles. The van der Waals surface area contributed by atoms with E-state index in [0.717, 1.165) is 10.6 Å². The first-order chi connectivity index (χ1) is 8.66. The highest BCUT2D eigenvalue weighted by molar-refractivity contribution is 7.98. The van der Waals surface area contributed by atoms with Gasteiger partial charge in [0.05, 0.1) is 5.02 Å². The summed E-state index contributed by atoms with van der Waals surface area (Å²) in [7, 11) is 0. The lowest BCUT2D eigenvalue weighted by Gasteiger charge is -2.04. The van der Waals surface area contributed by atoms with E-state index < -0.39 is 0 Å². The van der Waals surface area contributed by atoms with Crippen molar-refractivity contribution in [2.45, 2.75) is 10.8 Å². The summed E-state index contributed by atoms with van der Waals surface area (Å²) in [4.78, 5) is 8.21. The molecule has 0 radical (unpaired) electrons. The molecule has 0 saturated heterocycles. The minimum absolute atomic E-state index is 0.0299. The molecule has 2 aromatic rings. The number of hydrogen-bond acceptors (Lipinski definition) is 4. The van der Waals surface area contributed by atoms with Crippen LogP contribution in [0.1, 0.15) is 11.3 Å². The topological polar surface area (TPSA) is 75.7 Å². The molecule has 6 heteroatoms. The number of nitrogens with one attached hydrogen (secondary N) is 1. The van der Waals surface area contributed by atoms with Crippen molar-refractivity contribution >= 4 is 29.2 Å². The van der Waals surface area contributed by atoms with Crippen LogP contribution in [0.25, 0.3) is 0 Å². The van der Waals surface area contributed by atoms with Crippen LogP contribution in [0, 0.1) is 5.41 Å². The van der Waals surface area contributed by atoms with Gasteiger partial charge in [-0.2, -0.15) is 0 Å². The van der Waals surface area contributed by atoms with Gasteiger partial charge in [-0.25, -0.2) is 4.98 Å². The Balaban J connectivity index is 2.09. The van der Waals surface area contributed by atoms with Crippen LogP contribution in [0.5, 0.6) is 0 Å². The molecule has 0 amide bonds. The van der Waals surface area contributed by atoms with Crippen molar-refractivity contribution in [2.75, 3.05) is 0 Å². The Bertz CT molecular complexity index is 574. The first-order valence-electron chi connectivity index (χ1n) is 5.19. The van der Waals surface area contributed by atoms with Crippen LogP contribution >= 0.6 is 23.4 Å². The second kappa shape index (κ2) is 5.84. The summed E-state index contributed by atoms with van der Waals surface area (Å²) in [6.07, 6.45) is 3.36.